The van der Waals surface area contributed by atoms with Crippen LogP contribution in [0.2, 0.25) is 5.02 Å². The molecule has 1 aliphatic heterocycles. The summed E-state index contributed by atoms with van der Waals surface area (Å²) in [4.78, 5) is 28.9. The Bertz CT molecular complexity index is 1230. The first-order valence-electron chi connectivity index (χ1n) is 8.86. The van der Waals surface area contributed by atoms with Crippen LogP contribution in [-0.2, 0) is 11.3 Å². The van der Waals surface area contributed by atoms with Crippen molar-refractivity contribution in [2.45, 2.75) is 12.6 Å². The Balaban J connectivity index is 1.75. The molecule has 0 bridgehead atoms. The smallest absolute Gasteiger partial charge is 0.322 e. The molecular formula is C20H15ClF3N3O3. The summed E-state index contributed by atoms with van der Waals surface area (Å²) in [6, 6.07) is 3.97. The van der Waals surface area contributed by atoms with Crippen LogP contribution in [0.4, 0.5) is 23.7 Å². The number of rotatable bonds is 2. The van der Waals surface area contributed by atoms with Gasteiger partial charge in [0.05, 0.1) is 29.7 Å². The Kier molecular flexibility index (Phi) is 5.17. The summed E-state index contributed by atoms with van der Waals surface area (Å²) >= 11 is 5.74. The molecule has 2 heterocycles. The highest BCUT2D eigenvalue weighted by molar-refractivity contribution is 6.31. The van der Waals surface area contributed by atoms with Crippen LogP contribution in [0.25, 0.3) is 10.8 Å². The van der Waals surface area contributed by atoms with Gasteiger partial charge in [-0.1, -0.05) is 11.6 Å². The van der Waals surface area contributed by atoms with E-state index in [4.69, 9.17) is 16.3 Å². The number of carbonyl (C=O) groups excluding carboxylic acids is 1. The number of urea groups is 1. The fourth-order valence-electron chi connectivity index (χ4n) is 3.52. The van der Waals surface area contributed by atoms with Gasteiger partial charge in [0.2, 0.25) is 0 Å². The van der Waals surface area contributed by atoms with Crippen molar-refractivity contribution in [3.63, 3.8) is 0 Å². The number of halogens is 4. The third-order valence-corrected chi connectivity index (χ3v) is 5.26. The van der Waals surface area contributed by atoms with Crippen LogP contribution in [-0.4, -0.2) is 29.6 Å². The van der Waals surface area contributed by atoms with E-state index in [1.807, 2.05) is 0 Å². The number of aromatic amines is 1. The van der Waals surface area contributed by atoms with E-state index in [1.54, 1.807) is 0 Å². The molecule has 156 valence electrons. The predicted molar refractivity (Wildman–Crippen MR) is 105 cm³/mol. The van der Waals surface area contributed by atoms with E-state index in [1.165, 1.54) is 24.1 Å². The molecule has 0 saturated heterocycles. The Labute approximate surface area is 173 Å². The molecule has 30 heavy (non-hydrogen) atoms. The quantitative estimate of drug-likeness (QED) is 0.626. The van der Waals surface area contributed by atoms with E-state index >= 15 is 0 Å². The second-order valence-electron chi connectivity index (χ2n) is 6.86. The summed E-state index contributed by atoms with van der Waals surface area (Å²) in [6.45, 7) is 0.0376. The van der Waals surface area contributed by atoms with Gasteiger partial charge in [-0.25, -0.2) is 18.0 Å². The van der Waals surface area contributed by atoms with E-state index < -0.39 is 35.1 Å². The van der Waals surface area contributed by atoms with Gasteiger partial charge in [0, 0.05) is 35.4 Å². The number of anilines is 1. The van der Waals surface area contributed by atoms with Gasteiger partial charge in [0.25, 0.3) is 5.56 Å². The lowest BCUT2D eigenvalue weighted by atomic mass is 9.95. The maximum atomic E-state index is 14.7. The first-order chi connectivity index (χ1) is 14.3. The molecular weight excluding hydrogens is 423 g/mol. The van der Waals surface area contributed by atoms with E-state index in [0.717, 1.165) is 12.1 Å². The molecule has 0 unspecified atom stereocenters. The third-order valence-electron chi connectivity index (χ3n) is 4.97. The molecule has 2 N–H and O–H groups in total. The molecule has 6 nitrogen and oxygen atoms in total. The average Bonchev–Trinajstić information content (AvgIpc) is 2.69. The SMILES string of the molecule is CN(C(=O)Nc1ccc(F)c(Cl)c1)[C@@H]1COCc2[nH]c(=O)c3cc(F)cc(F)c3c21. The lowest BCUT2D eigenvalue weighted by Crippen LogP contribution is -2.40. The molecule has 1 aliphatic rings. The van der Waals surface area contributed by atoms with Crippen molar-refractivity contribution in [3.05, 3.63) is 74.4 Å². The summed E-state index contributed by atoms with van der Waals surface area (Å²) in [7, 11) is 1.46. The van der Waals surface area contributed by atoms with Gasteiger partial charge in [-0.15, -0.1) is 0 Å². The fraction of sp³-hybridized carbons (Fsp3) is 0.200. The first-order valence-corrected chi connectivity index (χ1v) is 9.24. The standard InChI is InChI=1S/C20H15ClF3N3O3/c1-27(20(29)25-10-2-3-13(23)12(21)6-10)16-8-30-7-15-18(16)17-11(19(28)26-15)4-9(22)5-14(17)24/h2-6,16H,7-8H2,1H3,(H,25,29)(H,26,28)/t16-/m1/s1. The minimum Gasteiger partial charge on any atom is -0.373 e. The van der Waals surface area contributed by atoms with Crippen LogP contribution in [0.3, 0.4) is 0 Å². The van der Waals surface area contributed by atoms with Gasteiger partial charge in [-0.05, 0) is 24.3 Å². The van der Waals surface area contributed by atoms with Crippen LogP contribution < -0.4 is 10.9 Å². The number of likely N-dealkylation sites (N-methyl/N-ethyl adjacent to an activating group) is 1. The van der Waals surface area contributed by atoms with E-state index in [2.05, 4.69) is 10.3 Å². The molecule has 0 fully saturated rings. The predicted octanol–water partition coefficient (Wildman–Crippen LogP) is 4.33. The Morgan fingerprint density at radius 1 is 1.23 bits per heavy atom. The molecule has 0 aliphatic carbocycles. The third kappa shape index (κ3) is 3.50. The molecule has 0 saturated carbocycles. The minimum absolute atomic E-state index is 0.0108. The number of nitrogens with one attached hydrogen (secondary N) is 2. The summed E-state index contributed by atoms with van der Waals surface area (Å²) in [5.41, 5.74) is 0.246. The summed E-state index contributed by atoms with van der Waals surface area (Å²) in [6.07, 6.45) is 0. The van der Waals surface area contributed by atoms with E-state index in [-0.39, 0.29) is 34.7 Å². The number of benzene rings is 2. The number of aromatic nitrogens is 1. The average molecular weight is 438 g/mol. The van der Waals surface area contributed by atoms with Crippen molar-refractivity contribution in [2.24, 2.45) is 0 Å². The fourth-order valence-corrected chi connectivity index (χ4v) is 3.70. The molecule has 1 atom stereocenters. The molecule has 10 heteroatoms. The van der Waals surface area contributed by atoms with Gasteiger partial charge >= 0.3 is 6.03 Å². The number of hydrogen-bond donors (Lipinski definition) is 2. The maximum absolute atomic E-state index is 14.7. The van der Waals surface area contributed by atoms with Crippen LogP contribution in [0.15, 0.2) is 35.1 Å². The number of H-pyrrole nitrogens is 1. The highest BCUT2D eigenvalue weighted by atomic mass is 35.5. The number of ether oxygens (including phenoxy) is 1. The number of hydrogen-bond acceptors (Lipinski definition) is 3. The van der Waals surface area contributed by atoms with Gasteiger partial charge < -0.3 is 19.9 Å². The summed E-state index contributed by atoms with van der Waals surface area (Å²) in [5, 5.41) is 2.20. The number of fused-ring (bicyclic) bond motifs is 3. The van der Waals surface area contributed by atoms with Crippen molar-refractivity contribution in [2.75, 3.05) is 19.0 Å². The maximum Gasteiger partial charge on any atom is 0.322 e. The second-order valence-corrected chi connectivity index (χ2v) is 7.26. The highest BCUT2D eigenvalue weighted by Gasteiger charge is 2.32. The van der Waals surface area contributed by atoms with Crippen molar-refractivity contribution in [3.8, 4) is 0 Å². The second kappa shape index (κ2) is 7.66. The molecule has 0 spiro atoms. The van der Waals surface area contributed by atoms with Crippen LogP contribution >= 0.6 is 11.6 Å². The van der Waals surface area contributed by atoms with Gasteiger partial charge in [-0.3, -0.25) is 4.79 Å². The number of amides is 2. The number of nitrogens with zero attached hydrogens (tertiary/aromatic N) is 1. The van der Waals surface area contributed by atoms with Gasteiger partial charge in [0.15, 0.2) is 0 Å². The van der Waals surface area contributed by atoms with Crippen LogP contribution in [0.1, 0.15) is 17.3 Å². The van der Waals surface area contributed by atoms with Crippen molar-refractivity contribution < 1.29 is 22.7 Å². The molecule has 1 aromatic heterocycles. The van der Waals surface area contributed by atoms with Crippen molar-refractivity contribution in [1.82, 2.24) is 9.88 Å². The molecule has 0 radical (unpaired) electrons. The largest absolute Gasteiger partial charge is 0.373 e. The topological polar surface area (TPSA) is 74.4 Å². The molecule has 4 rings (SSSR count). The molecule has 3 aromatic rings. The lowest BCUT2D eigenvalue weighted by molar-refractivity contribution is 0.0526. The van der Waals surface area contributed by atoms with E-state index in [9.17, 15) is 22.8 Å². The zero-order chi connectivity index (χ0) is 21.6. The Morgan fingerprint density at radius 3 is 2.73 bits per heavy atom. The highest BCUT2D eigenvalue weighted by Crippen LogP contribution is 2.34. The lowest BCUT2D eigenvalue weighted by Gasteiger charge is -2.33. The Morgan fingerprint density at radius 2 is 2.00 bits per heavy atom. The number of pyridine rings is 1. The molecule has 2 aromatic carbocycles. The minimum atomic E-state index is -0.904. The zero-order valence-electron chi connectivity index (χ0n) is 15.6. The van der Waals surface area contributed by atoms with Crippen LogP contribution in [0.5, 0.6) is 0 Å². The van der Waals surface area contributed by atoms with E-state index in [0.29, 0.717) is 17.3 Å². The zero-order valence-corrected chi connectivity index (χ0v) is 16.3. The normalized spacial score (nSPS) is 15.7. The Hall–Kier alpha value is -3.04. The van der Waals surface area contributed by atoms with Crippen molar-refractivity contribution >= 4 is 34.1 Å². The summed E-state index contributed by atoms with van der Waals surface area (Å²) in [5.74, 6) is -2.41. The monoisotopic (exact) mass is 437 g/mol. The summed E-state index contributed by atoms with van der Waals surface area (Å²) < 4.78 is 47.2. The van der Waals surface area contributed by atoms with Crippen LogP contribution in [0, 0.1) is 17.5 Å². The van der Waals surface area contributed by atoms with Gasteiger partial charge in [0.1, 0.15) is 17.5 Å². The number of carbonyl (C=O) groups is 1. The van der Waals surface area contributed by atoms with Crippen molar-refractivity contribution in [1.29, 1.82) is 0 Å². The molecule has 2 amide bonds. The first kappa shape index (κ1) is 20.2. The van der Waals surface area contributed by atoms with Gasteiger partial charge in [-0.2, -0.15) is 0 Å².